The Morgan fingerprint density at radius 2 is 2.11 bits per heavy atom. The smallest absolute Gasteiger partial charge is 0.164 e. The zero-order valence-electron chi connectivity index (χ0n) is 5.79. The summed E-state index contributed by atoms with van der Waals surface area (Å²) < 4.78 is 0. The van der Waals surface area contributed by atoms with Crippen molar-refractivity contribution in [1.82, 2.24) is 0 Å². The minimum absolute atomic E-state index is 0.0162. The van der Waals surface area contributed by atoms with Gasteiger partial charge in [-0.1, -0.05) is 13.8 Å². The zero-order valence-corrected chi connectivity index (χ0v) is 5.79. The molecule has 0 saturated heterocycles. The molecule has 1 fully saturated rings. The Morgan fingerprint density at radius 3 is 2.22 bits per heavy atom. The lowest BCUT2D eigenvalue weighted by Crippen LogP contribution is -2.16. The maximum Gasteiger partial charge on any atom is 0.164 e. The molecule has 0 aromatic carbocycles. The van der Waals surface area contributed by atoms with Gasteiger partial charge in [0, 0.05) is 5.92 Å². The van der Waals surface area contributed by atoms with E-state index in [9.17, 15) is 4.79 Å². The van der Waals surface area contributed by atoms with Crippen molar-refractivity contribution in [1.29, 1.82) is 0 Å². The van der Waals surface area contributed by atoms with Crippen LogP contribution in [0.3, 0.4) is 0 Å². The predicted octanol–water partition coefficient (Wildman–Crippen LogP) is 0.592. The number of hydrogen-bond donors (Lipinski definition) is 1. The minimum Gasteiger partial charge on any atom is -0.385 e. The maximum absolute atomic E-state index is 10.9. The van der Waals surface area contributed by atoms with Gasteiger partial charge in [0.05, 0.1) is 0 Å². The topological polar surface area (TPSA) is 37.3 Å². The molecular weight excluding hydrogens is 116 g/mol. The van der Waals surface area contributed by atoms with E-state index in [2.05, 4.69) is 0 Å². The molecular formula is C7H12O2. The summed E-state index contributed by atoms with van der Waals surface area (Å²) in [5.41, 5.74) is 0. The molecule has 52 valence electrons. The SMILES string of the molecule is CC1CC(O)C(=O)C1C. The van der Waals surface area contributed by atoms with Crippen LogP contribution < -0.4 is 0 Å². The summed E-state index contributed by atoms with van der Waals surface area (Å²) in [6.45, 7) is 3.88. The highest BCUT2D eigenvalue weighted by molar-refractivity contribution is 5.87. The Labute approximate surface area is 54.9 Å². The maximum atomic E-state index is 10.9. The van der Waals surface area contributed by atoms with Gasteiger partial charge >= 0.3 is 0 Å². The molecule has 2 nitrogen and oxygen atoms in total. The molecule has 1 aliphatic carbocycles. The first-order valence-electron chi connectivity index (χ1n) is 3.34. The van der Waals surface area contributed by atoms with E-state index < -0.39 is 6.10 Å². The van der Waals surface area contributed by atoms with Gasteiger partial charge in [0.25, 0.3) is 0 Å². The summed E-state index contributed by atoms with van der Waals surface area (Å²) in [7, 11) is 0. The third kappa shape index (κ3) is 0.990. The molecule has 1 saturated carbocycles. The lowest BCUT2D eigenvalue weighted by molar-refractivity contribution is -0.127. The second-order valence-corrected chi connectivity index (χ2v) is 2.92. The summed E-state index contributed by atoms with van der Waals surface area (Å²) >= 11 is 0. The van der Waals surface area contributed by atoms with Crippen LogP contribution >= 0.6 is 0 Å². The summed E-state index contributed by atoms with van der Waals surface area (Å²) in [5.74, 6) is 0.454. The van der Waals surface area contributed by atoms with Crippen molar-refractivity contribution < 1.29 is 9.90 Å². The molecule has 9 heavy (non-hydrogen) atoms. The van der Waals surface area contributed by atoms with Crippen LogP contribution in [0.5, 0.6) is 0 Å². The van der Waals surface area contributed by atoms with E-state index in [4.69, 9.17) is 5.11 Å². The summed E-state index contributed by atoms with van der Waals surface area (Å²) in [4.78, 5) is 10.9. The molecule has 0 spiro atoms. The van der Waals surface area contributed by atoms with Crippen molar-refractivity contribution in [3.63, 3.8) is 0 Å². The van der Waals surface area contributed by atoms with Crippen LogP contribution in [-0.2, 0) is 4.79 Å². The van der Waals surface area contributed by atoms with E-state index in [0.717, 1.165) is 0 Å². The van der Waals surface area contributed by atoms with Gasteiger partial charge in [0.1, 0.15) is 6.10 Å². The Bertz CT molecular complexity index is 131. The molecule has 0 heterocycles. The molecule has 3 atom stereocenters. The third-order valence-electron chi connectivity index (χ3n) is 2.23. The van der Waals surface area contributed by atoms with Crippen LogP contribution in [0.15, 0.2) is 0 Å². The third-order valence-corrected chi connectivity index (χ3v) is 2.23. The van der Waals surface area contributed by atoms with Crippen LogP contribution in [-0.4, -0.2) is 17.0 Å². The monoisotopic (exact) mass is 128 g/mol. The predicted molar refractivity (Wildman–Crippen MR) is 34.0 cm³/mol. The lowest BCUT2D eigenvalue weighted by Gasteiger charge is -2.03. The largest absolute Gasteiger partial charge is 0.385 e. The highest BCUT2D eigenvalue weighted by Gasteiger charge is 2.34. The molecule has 3 unspecified atom stereocenters. The van der Waals surface area contributed by atoms with Crippen molar-refractivity contribution in [3.05, 3.63) is 0 Å². The van der Waals surface area contributed by atoms with Crippen molar-refractivity contribution >= 4 is 5.78 Å². The Morgan fingerprint density at radius 1 is 1.56 bits per heavy atom. The number of Topliss-reactive ketones (excluding diaryl/α,β-unsaturated/α-hetero) is 1. The van der Waals surface area contributed by atoms with Crippen LogP contribution in [0.4, 0.5) is 0 Å². The van der Waals surface area contributed by atoms with Gasteiger partial charge in [-0.15, -0.1) is 0 Å². The Hall–Kier alpha value is -0.370. The van der Waals surface area contributed by atoms with Gasteiger partial charge in [-0.25, -0.2) is 0 Å². The number of aliphatic hydroxyl groups is 1. The average molecular weight is 128 g/mol. The highest BCUT2D eigenvalue weighted by Crippen LogP contribution is 2.27. The molecule has 0 radical (unpaired) electrons. The molecule has 1 rings (SSSR count). The first kappa shape index (κ1) is 6.75. The number of rotatable bonds is 0. The Balaban J connectivity index is 2.65. The van der Waals surface area contributed by atoms with E-state index in [1.165, 1.54) is 0 Å². The molecule has 2 heteroatoms. The van der Waals surface area contributed by atoms with Crippen LogP contribution in [0.1, 0.15) is 20.3 Å². The van der Waals surface area contributed by atoms with Crippen molar-refractivity contribution in [2.24, 2.45) is 11.8 Å². The molecule has 0 aliphatic heterocycles. The standard InChI is InChI=1S/C7H12O2/c1-4-3-6(8)7(9)5(4)2/h4-6,8H,3H2,1-2H3. The molecule has 0 amide bonds. The van der Waals surface area contributed by atoms with Gasteiger partial charge in [-0.2, -0.15) is 0 Å². The molecule has 1 N–H and O–H groups in total. The van der Waals surface area contributed by atoms with E-state index >= 15 is 0 Å². The molecule has 0 aromatic heterocycles. The zero-order chi connectivity index (χ0) is 7.02. The normalized spacial score (nSPS) is 43.9. The van der Waals surface area contributed by atoms with Crippen molar-refractivity contribution in [2.45, 2.75) is 26.4 Å². The van der Waals surface area contributed by atoms with Crippen LogP contribution in [0.25, 0.3) is 0 Å². The van der Waals surface area contributed by atoms with Gasteiger partial charge < -0.3 is 5.11 Å². The first-order chi connectivity index (χ1) is 4.13. The van der Waals surface area contributed by atoms with E-state index in [1.54, 1.807) is 0 Å². The number of ketones is 1. The van der Waals surface area contributed by atoms with Gasteiger partial charge in [0.2, 0.25) is 0 Å². The summed E-state index contributed by atoms with van der Waals surface area (Å²) in [5, 5.41) is 8.99. The number of carbonyl (C=O) groups excluding carboxylic acids is 1. The van der Waals surface area contributed by atoms with Crippen molar-refractivity contribution in [3.8, 4) is 0 Å². The molecule has 1 aliphatic rings. The Kier molecular flexibility index (Phi) is 1.58. The average Bonchev–Trinajstić information content (AvgIpc) is 1.98. The lowest BCUT2D eigenvalue weighted by atomic mass is 10.0. The van der Waals surface area contributed by atoms with Crippen LogP contribution in [0, 0.1) is 11.8 Å². The minimum atomic E-state index is -0.671. The number of hydrogen-bond acceptors (Lipinski definition) is 2. The van der Waals surface area contributed by atoms with E-state index in [1.807, 2.05) is 13.8 Å². The van der Waals surface area contributed by atoms with E-state index in [-0.39, 0.29) is 11.7 Å². The fraction of sp³-hybridized carbons (Fsp3) is 0.857. The second-order valence-electron chi connectivity index (χ2n) is 2.92. The summed E-state index contributed by atoms with van der Waals surface area (Å²) in [6, 6.07) is 0. The molecule has 0 bridgehead atoms. The van der Waals surface area contributed by atoms with Crippen LogP contribution in [0.2, 0.25) is 0 Å². The molecule has 0 aromatic rings. The fourth-order valence-electron chi connectivity index (χ4n) is 1.26. The summed E-state index contributed by atoms with van der Waals surface area (Å²) in [6.07, 6.45) is -0.0185. The second kappa shape index (κ2) is 2.10. The quantitative estimate of drug-likeness (QED) is 0.518. The number of aliphatic hydroxyl groups excluding tert-OH is 1. The fourth-order valence-corrected chi connectivity index (χ4v) is 1.26. The van der Waals surface area contributed by atoms with Gasteiger partial charge in [-0.3, -0.25) is 4.79 Å². The first-order valence-corrected chi connectivity index (χ1v) is 3.34. The number of carbonyl (C=O) groups is 1. The van der Waals surface area contributed by atoms with Gasteiger partial charge in [-0.05, 0) is 12.3 Å². The van der Waals surface area contributed by atoms with Gasteiger partial charge in [0.15, 0.2) is 5.78 Å². The highest BCUT2D eigenvalue weighted by atomic mass is 16.3. The van der Waals surface area contributed by atoms with Crippen molar-refractivity contribution in [2.75, 3.05) is 0 Å². The van der Waals surface area contributed by atoms with E-state index in [0.29, 0.717) is 12.3 Å².